The lowest BCUT2D eigenvalue weighted by Crippen LogP contribution is -2.59. The molecule has 2 amide bonds. The second-order valence-corrected chi connectivity index (χ2v) is 8.74. The molecule has 7 heteroatoms. The number of carbonyl (C=O) groups excluding carboxylic acids is 3. The Labute approximate surface area is 188 Å². The quantitative estimate of drug-likeness (QED) is 0.376. The number of nitrogens with zero attached hydrogens (tertiary/aromatic N) is 2. The van der Waals surface area contributed by atoms with Gasteiger partial charge >= 0.3 is 5.91 Å². The lowest BCUT2D eigenvalue weighted by Gasteiger charge is -2.44. The van der Waals surface area contributed by atoms with Crippen LogP contribution in [0.2, 0.25) is 0 Å². The van der Waals surface area contributed by atoms with Crippen molar-refractivity contribution in [2.75, 3.05) is 16.8 Å². The Morgan fingerprint density at radius 1 is 0.812 bits per heavy atom. The molecule has 1 unspecified atom stereocenters. The highest BCUT2D eigenvalue weighted by atomic mass is 32.2. The Morgan fingerprint density at radius 2 is 1.38 bits per heavy atom. The number of carbonyl (C=O) groups is 3. The van der Waals surface area contributed by atoms with E-state index in [1.807, 2.05) is 18.2 Å². The van der Waals surface area contributed by atoms with E-state index in [1.54, 1.807) is 73.8 Å². The van der Waals surface area contributed by atoms with Crippen LogP contribution in [0.15, 0.2) is 95.4 Å². The SMILES string of the molecule is CN1C(=O)C2(Sc3ccccc3)/C(=C(\O)c3ccccc3)C(=O)C(=O)N2c2ccccc21. The predicted molar refractivity (Wildman–Crippen MR) is 123 cm³/mol. The molecule has 6 nitrogen and oxygen atoms in total. The van der Waals surface area contributed by atoms with Gasteiger partial charge in [-0.15, -0.1) is 0 Å². The minimum absolute atomic E-state index is 0.228. The van der Waals surface area contributed by atoms with Crippen LogP contribution in [0, 0.1) is 0 Å². The standard InChI is InChI=1S/C25H18N2O4S/c1-26-18-14-8-9-15-19(18)27-23(30)22(29)20(21(28)16-10-4-2-5-11-16)25(27,24(26)31)32-17-12-6-3-7-13-17/h2-15,28H,1H3/b21-20-. The molecule has 158 valence electrons. The number of benzene rings is 3. The Bertz CT molecular complexity index is 1290. The Hall–Kier alpha value is -3.84. The molecule has 2 aliphatic rings. The van der Waals surface area contributed by atoms with E-state index in [1.165, 1.54) is 9.80 Å². The van der Waals surface area contributed by atoms with Crippen LogP contribution in [0.1, 0.15) is 5.56 Å². The van der Waals surface area contributed by atoms with Gasteiger partial charge in [0, 0.05) is 17.5 Å². The maximum Gasteiger partial charge on any atom is 0.301 e. The van der Waals surface area contributed by atoms with Gasteiger partial charge in [-0.25, -0.2) is 0 Å². The number of anilines is 2. The van der Waals surface area contributed by atoms with Gasteiger partial charge in [0.25, 0.3) is 11.7 Å². The van der Waals surface area contributed by atoms with Gasteiger partial charge in [-0.05, 0) is 24.3 Å². The molecule has 0 aromatic heterocycles. The van der Waals surface area contributed by atoms with Gasteiger partial charge in [0.05, 0.1) is 16.9 Å². The fourth-order valence-electron chi connectivity index (χ4n) is 4.18. The van der Waals surface area contributed by atoms with Crippen LogP contribution in [-0.2, 0) is 14.4 Å². The van der Waals surface area contributed by atoms with Crippen LogP contribution in [0.4, 0.5) is 11.4 Å². The van der Waals surface area contributed by atoms with E-state index in [-0.39, 0.29) is 11.3 Å². The van der Waals surface area contributed by atoms with Crippen LogP contribution in [-0.4, -0.2) is 34.6 Å². The zero-order valence-corrected chi connectivity index (χ0v) is 17.9. The van der Waals surface area contributed by atoms with Gasteiger partial charge < -0.3 is 10.0 Å². The van der Waals surface area contributed by atoms with Gasteiger partial charge in [0.2, 0.25) is 4.87 Å². The number of aliphatic hydroxyl groups is 1. The number of rotatable bonds is 3. The largest absolute Gasteiger partial charge is 0.507 e. The first-order valence-electron chi connectivity index (χ1n) is 9.96. The van der Waals surface area contributed by atoms with Crippen LogP contribution >= 0.6 is 11.8 Å². The van der Waals surface area contributed by atoms with Crippen molar-refractivity contribution in [3.05, 3.63) is 96.1 Å². The summed E-state index contributed by atoms with van der Waals surface area (Å²) < 4.78 is 0. The molecule has 1 atom stereocenters. The number of likely N-dealkylation sites (N-methyl/N-ethyl adjacent to an activating group) is 1. The van der Waals surface area contributed by atoms with E-state index in [0.717, 1.165) is 11.8 Å². The van der Waals surface area contributed by atoms with Crippen molar-refractivity contribution >= 4 is 46.5 Å². The molecule has 2 aliphatic heterocycles. The van der Waals surface area contributed by atoms with Crippen LogP contribution in [0.3, 0.4) is 0 Å². The minimum atomic E-state index is -1.78. The highest BCUT2D eigenvalue weighted by Crippen LogP contribution is 2.55. The zero-order chi connectivity index (χ0) is 22.5. The number of Topliss-reactive ketones (excluding diaryl/α,β-unsaturated/α-hetero) is 1. The van der Waals surface area contributed by atoms with Gasteiger partial charge in [-0.2, -0.15) is 0 Å². The Balaban J connectivity index is 1.85. The van der Waals surface area contributed by atoms with E-state index in [0.29, 0.717) is 21.8 Å². The Morgan fingerprint density at radius 3 is 2.03 bits per heavy atom. The second-order valence-electron chi connectivity index (χ2n) is 7.47. The number of thioether (sulfide) groups is 1. The van der Waals surface area contributed by atoms with Crippen LogP contribution in [0.25, 0.3) is 5.76 Å². The number of hydrogen-bond acceptors (Lipinski definition) is 5. The molecule has 0 spiro atoms. The highest BCUT2D eigenvalue weighted by Gasteiger charge is 2.66. The summed E-state index contributed by atoms with van der Waals surface area (Å²) in [5.41, 5.74) is 1.08. The molecule has 1 fully saturated rings. The number of para-hydroxylation sites is 2. The van der Waals surface area contributed by atoms with Crippen molar-refractivity contribution in [2.24, 2.45) is 0 Å². The van der Waals surface area contributed by atoms with Gasteiger partial charge in [0.1, 0.15) is 5.76 Å². The molecule has 0 bridgehead atoms. The zero-order valence-electron chi connectivity index (χ0n) is 17.1. The third kappa shape index (κ3) is 2.71. The number of amides is 2. The number of fused-ring (bicyclic) bond motifs is 3. The molecule has 5 rings (SSSR count). The first-order valence-corrected chi connectivity index (χ1v) is 10.8. The molecule has 3 aromatic carbocycles. The lowest BCUT2D eigenvalue weighted by atomic mass is 9.97. The average Bonchev–Trinajstić information content (AvgIpc) is 3.05. The van der Waals surface area contributed by atoms with E-state index in [2.05, 4.69) is 0 Å². The molecular formula is C25H18N2O4S. The van der Waals surface area contributed by atoms with Crippen LogP contribution < -0.4 is 9.80 Å². The van der Waals surface area contributed by atoms with Crippen molar-refractivity contribution in [3.63, 3.8) is 0 Å². The van der Waals surface area contributed by atoms with Crippen molar-refractivity contribution < 1.29 is 19.5 Å². The summed E-state index contributed by atoms with van der Waals surface area (Å²) in [5, 5.41) is 11.2. The minimum Gasteiger partial charge on any atom is -0.507 e. The molecule has 0 saturated carbocycles. The molecule has 2 heterocycles. The number of ketones is 1. The van der Waals surface area contributed by atoms with Crippen LogP contribution in [0.5, 0.6) is 0 Å². The summed E-state index contributed by atoms with van der Waals surface area (Å²) >= 11 is 1.07. The Kier molecular flexibility index (Phi) is 4.64. The predicted octanol–water partition coefficient (Wildman–Crippen LogP) is 4.04. The van der Waals surface area contributed by atoms with Crippen molar-refractivity contribution in [3.8, 4) is 0 Å². The fourth-order valence-corrected chi connectivity index (χ4v) is 5.60. The number of aliphatic hydroxyl groups excluding tert-OH is 1. The summed E-state index contributed by atoms with van der Waals surface area (Å²) in [5.74, 6) is -2.61. The van der Waals surface area contributed by atoms with Gasteiger partial charge in [-0.1, -0.05) is 72.4 Å². The second kappa shape index (κ2) is 7.39. The van der Waals surface area contributed by atoms with E-state index >= 15 is 0 Å². The summed E-state index contributed by atoms with van der Waals surface area (Å²) in [6.45, 7) is 0. The lowest BCUT2D eigenvalue weighted by molar-refractivity contribution is -0.132. The summed E-state index contributed by atoms with van der Waals surface area (Å²) in [7, 11) is 1.61. The number of hydrogen-bond donors (Lipinski definition) is 1. The average molecular weight is 442 g/mol. The maximum atomic E-state index is 13.9. The van der Waals surface area contributed by atoms with Gasteiger partial charge in [0.15, 0.2) is 0 Å². The third-order valence-electron chi connectivity index (χ3n) is 5.65. The molecule has 1 N–H and O–H groups in total. The molecule has 1 saturated heterocycles. The normalized spacial score (nSPS) is 21.5. The first-order chi connectivity index (χ1) is 15.5. The molecule has 0 radical (unpaired) electrons. The van der Waals surface area contributed by atoms with Gasteiger partial charge in [-0.3, -0.25) is 19.3 Å². The summed E-state index contributed by atoms with van der Waals surface area (Å²) in [4.78, 5) is 42.2. The monoisotopic (exact) mass is 442 g/mol. The fraction of sp³-hybridized carbons (Fsp3) is 0.0800. The molecule has 0 aliphatic carbocycles. The van der Waals surface area contributed by atoms with Crippen molar-refractivity contribution in [1.29, 1.82) is 0 Å². The smallest absolute Gasteiger partial charge is 0.301 e. The van der Waals surface area contributed by atoms with Crippen molar-refractivity contribution in [1.82, 2.24) is 0 Å². The molecular weight excluding hydrogens is 424 g/mol. The first kappa shape index (κ1) is 20.1. The maximum absolute atomic E-state index is 13.9. The van der Waals surface area contributed by atoms with E-state index < -0.39 is 22.5 Å². The third-order valence-corrected chi connectivity index (χ3v) is 7.01. The summed E-state index contributed by atoms with van der Waals surface area (Å²) in [6, 6.07) is 24.5. The topological polar surface area (TPSA) is 77.9 Å². The summed E-state index contributed by atoms with van der Waals surface area (Å²) in [6.07, 6.45) is 0. The highest BCUT2D eigenvalue weighted by molar-refractivity contribution is 8.02. The van der Waals surface area contributed by atoms with E-state index in [9.17, 15) is 19.5 Å². The molecule has 3 aromatic rings. The van der Waals surface area contributed by atoms with E-state index in [4.69, 9.17) is 0 Å². The van der Waals surface area contributed by atoms with Crippen molar-refractivity contribution in [2.45, 2.75) is 9.77 Å². The molecule has 32 heavy (non-hydrogen) atoms.